The van der Waals surface area contributed by atoms with E-state index in [1.165, 1.54) is 6.92 Å². The van der Waals surface area contributed by atoms with Crippen molar-refractivity contribution in [3.8, 4) is 0 Å². The molecule has 0 aliphatic rings. The molecule has 23 heavy (non-hydrogen) atoms. The van der Waals surface area contributed by atoms with Crippen molar-refractivity contribution in [3.05, 3.63) is 70.7 Å². The number of aliphatic hydroxyl groups is 2. The number of nitrogens with one attached hydrogen (secondary N) is 1. The SMILES string of the molecule is CC(O)(Cc1ccccc1)C(=O)NCC(O)c1ccc(Cl)cc1. The predicted octanol–water partition coefficient (Wildman–Crippen LogP) is 2.48. The van der Waals surface area contributed by atoms with Crippen molar-refractivity contribution in [2.24, 2.45) is 0 Å². The molecule has 3 N–H and O–H groups in total. The van der Waals surface area contributed by atoms with Gasteiger partial charge in [-0.25, -0.2) is 0 Å². The van der Waals surface area contributed by atoms with Gasteiger partial charge in [0.25, 0.3) is 5.91 Å². The summed E-state index contributed by atoms with van der Waals surface area (Å²) < 4.78 is 0. The predicted molar refractivity (Wildman–Crippen MR) is 90.2 cm³/mol. The van der Waals surface area contributed by atoms with E-state index in [4.69, 9.17) is 11.6 Å². The van der Waals surface area contributed by atoms with Crippen molar-refractivity contribution < 1.29 is 15.0 Å². The summed E-state index contributed by atoms with van der Waals surface area (Å²) in [6.07, 6.45) is -0.653. The molecule has 1 amide bonds. The van der Waals surface area contributed by atoms with E-state index in [0.29, 0.717) is 10.6 Å². The molecule has 0 fully saturated rings. The molecule has 0 radical (unpaired) electrons. The van der Waals surface area contributed by atoms with Gasteiger partial charge in [-0.1, -0.05) is 54.1 Å². The first-order chi connectivity index (χ1) is 10.9. The largest absolute Gasteiger partial charge is 0.387 e. The first-order valence-electron chi connectivity index (χ1n) is 7.36. The van der Waals surface area contributed by atoms with Crippen LogP contribution in [0.2, 0.25) is 5.02 Å². The number of aliphatic hydroxyl groups excluding tert-OH is 1. The van der Waals surface area contributed by atoms with E-state index < -0.39 is 17.6 Å². The molecule has 0 aromatic heterocycles. The maximum Gasteiger partial charge on any atom is 0.252 e. The van der Waals surface area contributed by atoms with E-state index >= 15 is 0 Å². The van der Waals surface area contributed by atoms with Crippen LogP contribution in [0.4, 0.5) is 0 Å². The Morgan fingerprint density at radius 3 is 2.39 bits per heavy atom. The van der Waals surface area contributed by atoms with Crippen molar-refractivity contribution in [1.29, 1.82) is 0 Å². The summed E-state index contributed by atoms with van der Waals surface area (Å²) in [5, 5.41) is 23.6. The van der Waals surface area contributed by atoms with Crippen LogP contribution in [0.15, 0.2) is 54.6 Å². The fourth-order valence-electron chi connectivity index (χ4n) is 2.26. The monoisotopic (exact) mass is 333 g/mol. The first-order valence-corrected chi connectivity index (χ1v) is 7.74. The molecule has 2 unspecified atom stereocenters. The fourth-order valence-corrected chi connectivity index (χ4v) is 2.38. The van der Waals surface area contributed by atoms with Crippen molar-refractivity contribution >= 4 is 17.5 Å². The molecule has 122 valence electrons. The highest BCUT2D eigenvalue weighted by Gasteiger charge is 2.30. The van der Waals surface area contributed by atoms with Gasteiger partial charge in [0.15, 0.2) is 0 Å². The third-order valence-electron chi connectivity index (χ3n) is 3.59. The molecule has 0 aliphatic heterocycles. The van der Waals surface area contributed by atoms with Gasteiger partial charge >= 0.3 is 0 Å². The van der Waals surface area contributed by atoms with Gasteiger partial charge < -0.3 is 15.5 Å². The van der Waals surface area contributed by atoms with Gasteiger partial charge in [0.2, 0.25) is 0 Å². The van der Waals surface area contributed by atoms with Crippen molar-refractivity contribution in [2.45, 2.75) is 25.0 Å². The molecule has 0 saturated carbocycles. The van der Waals surface area contributed by atoms with Crippen LogP contribution in [0, 0.1) is 0 Å². The molecule has 2 aromatic carbocycles. The molecule has 0 saturated heterocycles. The smallest absolute Gasteiger partial charge is 0.252 e. The van der Waals surface area contributed by atoms with E-state index in [-0.39, 0.29) is 13.0 Å². The van der Waals surface area contributed by atoms with Gasteiger partial charge in [0.1, 0.15) is 5.60 Å². The van der Waals surface area contributed by atoms with Gasteiger partial charge in [-0.2, -0.15) is 0 Å². The van der Waals surface area contributed by atoms with Gasteiger partial charge in [0.05, 0.1) is 6.10 Å². The van der Waals surface area contributed by atoms with Crippen LogP contribution in [0.5, 0.6) is 0 Å². The highest BCUT2D eigenvalue weighted by Crippen LogP contribution is 2.17. The molecule has 4 nitrogen and oxygen atoms in total. The Balaban J connectivity index is 1.91. The van der Waals surface area contributed by atoms with Gasteiger partial charge in [-0.3, -0.25) is 4.79 Å². The summed E-state index contributed by atoms with van der Waals surface area (Å²) in [4.78, 5) is 12.2. The molecule has 2 atom stereocenters. The van der Waals surface area contributed by atoms with E-state index in [2.05, 4.69) is 5.32 Å². The molecule has 0 spiro atoms. The zero-order valence-corrected chi connectivity index (χ0v) is 13.6. The van der Waals surface area contributed by atoms with Crippen LogP contribution < -0.4 is 5.32 Å². The van der Waals surface area contributed by atoms with Gasteiger partial charge in [0, 0.05) is 18.0 Å². The molecule has 2 aromatic rings. The quantitative estimate of drug-likeness (QED) is 0.760. The molecule has 5 heteroatoms. The Morgan fingerprint density at radius 1 is 1.17 bits per heavy atom. The summed E-state index contributed by atoms with van der Waals surface area (Å²) in [5.41, 5.74) is -0.0237. The number of benzene rings is 2. The summed E-state index contributed by atoms with van der Waals surface area (Å²) in [6, 6.07) is 16.0. The van der Waals surface area contributed by atoms with Crippen LogP contribution in [0.3, 0.4) is 0 Å². The highest BCUT2D eigenvalue weighted by molar-refractivity contribution is 6.30. The maximum atomic E-state index is 12.2. The minimum absolute atomic E-state index is 0.0193. The van der Waals surface area contributed by atoms with Crippen molar-refractivity contribution in [3.63, 3.8) is 0 Å². The van der Waals surface area contributed by atoms with Crippen LogP contribution in [-0.2, 0) is 11.2 Å². The Kier molecular flexibility index (Phi) is 5.77. The minimum Gasteiger partial charge on any atom is -0.387 e. The summed E-state index contributed by atoms with van der Waals surface area (Å²) in [7, 11) is 0. The lowest BCUT2D eigenvalue weighted by Gasteiger charge is -2.23. The van der Waals surface area contributed by atoms with E-state index in [9.17, 15) is 15.0 Å². The second-order valence-corrected chi connectivity index (χ2v) is 6.15. The Labute approximate surface area is 140 Å². The van der Waals surface area contributed by atoms with Crippen LogP contribution >= 0.6 is 11.6 Å². The molecule has 0 heterocycles. The Bertz CT molecular complexity index is 641. The molecular formula is C18H20ClNO3. The summed E-state index contributed by atoms with van der Waals surface area (Å²) >= 11 is 5.80. The molecular weight excluding hydrogens is 314 g/mol. The third-order valence-corrected chi connectivity index (χ3v) is 3.84. The lowest BCUT2D eigenvalue weighted by atomic mass is 9.95. The van der Waals surface area contributed by atoms with E-state index in [1.807, 2.05) is 30.3 Å². The van der Waals surface area contributed by atoms with Crippen LogP contribution in [0.1, 0.15) is 24.2 Å². The summed E-state index contributed by atoms with van der Waals surface area (Å²) in [6.45, 7) is 1.48. The maximum absolute atomic E-state index is 12.2. The van der Waals surface area contributed by atoms with Crippen LogP contribution in [0.25, 0.3) is 0 Å². The number of rotatable bonds is 6. The highest BCUT2D eigenvalue weighted by atomic mass is 35.5. The Morgan fingerprint density at radius 2 is 1.78 bits per heavy atom. The zero-order valence-electron chi connectivity index (χ0n) is 12.9. The van der Waals surface area contributed by atoms with Gasteiger partial charge in [-0.05, 0) is 30.2 Å². The molecule has 2 rings (SSSR count). The second kappa shape index (κ2) is 7.59. The van der Waals surface area contributed by atoms with E-state index in [0.717, 1.165) is 5.56 Å². The lowest BCUT2D eigenvalue weighted by molar-refractivity contribution is -0.138. The zero-order chi connectivity index (χ0) is 16.9. The molecule has 0 bridgehead atoms. The Hall–Kier alpha value is -1.88. The number of hydrogen-bond donors (Lipinski definition) is 3. The normalized spacial score (nSPS) is 14.8. The minimum atomic E-state index is -1.54. The number of carbonyl (C=O) groups excluding carboxylic acids is 1. The average molecular weight is 334 g/mol. The van der Waals surface area contributed by atoms with Crippen LogP contribution in [-0.4, -0.2) is 28.3 Å². The van der Waals surface area contributed by atoms with E-state index in [1.54, 1.807) is 24.3 Å². The fraction of sp³-hybridized carbons (Fsp3) is 0.278. The number of halogens is 1. The van der Waals surface area contributed by atoms with Gasteiger partial charge in [-0.15, -0.1) is 0 Å². The third kappa shape index (κ3) is 5.06. The number of hydrogen-bond acceptors (Lipinski definition) is 3. The average Bonchev–Trinajstić information content (AvgIpc) is 2.53. The first kappa shape index (κ1) is 17.5. The topological polar surface area (TPSA) is 69.6 Å². The number of carbonyl (C=O) groups is 1. The number of amides is 1. The van der Waals surface area contributed by atoms with Crippen molar-refractivity contribution in [2.75, 3.05) is 6.54 Å². The second-order valence-electron chi connectivity index (χ2n) is 5.71. The molecule has 0 aliphatic carbocycles. The summed E-state index contributed by atoms with van der Waals surface area (Å²) in [5.74, 6) is -0.519. The van der Waals surface area contributed by atoms with Crippen molar-refractivity contribution in [1.82, 2.24) is 5.32 Å². The standard InChI is InChI=1S/C18H20ClNO3/c1-18(23,11-13-5-3-2-4-6-13)17(22)20-12-16(21)14-7-9-15(19)10-8-14/h2-10,16,21,23H,11-12H2,1H3,(H,20,22). The lowest BCUT2D eigenvalue weighted by Crippen LogP contribution is -2.47.